The largest absolute Gasteiger partial charge is 0.339 e. The van der Waals surface area contributed by atoms with E-state index >= 15 is 0 Å². The third-order valence-electron chi connectivity index (χ3n) is 2.69. The van der Waals surface area contributed by atoms with Gasteiger partial charge in [-0.05, 0) is 25.7 Å². The minimum absolute atomic E-state index is 0.249. The first-order valence-corrected chi connectivity index (χ1v) is 4.62. The molecule has 1 heterocycles. The van der Waals surface area contributed by atoms with Gasteiger partial charge in [0.15, 0.2) is 6.33 Å². The Balaban J connectivity index is 1.95. The molecule has 0 aromatic carbocycles. The Hall–Kier alpha value is -1.19. The fourth-order valence-electron chi connectivity index (χ4n) is 1.86. The van der Waals surface area contributed by atoms with Crippen LogP contribution in [0.5, 0.6) is 0 Å². The van der Waals surface area contributed by atoms with Crippen LogP contribution in [0.3, 0.4) is 0 Å². The van der Waals surface area contributed by atoms with Gasteiger partial charge in [0.25, 0.3) is 0 Å². The maximum Gasteiger partial charge on any atom is 0.229 e. The molecule has 0 N–H and O–H groups in total. The summed E-state index contributed by atoms with van der Waals surface area (Å²) in [4.78, 5) is 14.5. The fraction of sp³-hybridized carbons (Fsp3) is 0.667. The van der Waals surface area contributed by atoms with Crippen molar-refractivity contribution in [2.24, 2.45) is 5.92 Å². The van der Waals surface area contributed by atoms with Gasteiger partial charge in [-0.25, -0.2) is 0 Å². The predicted molar refractivity (Wildman–Crippen MR) is 45.1 cm³/mol. The topological polar surface area (TPSA) is 56.0 Å². The molecule has 1 aliphatic carbocycles. The molecule has 13 heavy (non-hydrogen) atoms. The van der Waals surface area contributed by atoms with Gasteiger partial charge < -0.3 is 9.32 Å². The minimum atomic E-state index is 0.249. The quantitative estimate of drug-likeness (QED) is 0.648. The Kier molecular flexibility index (Phi) is 2.38. The van der Waals surface area contributed by atoms with Crippen LogP contribution in [-0.2, 0) is 4.79 Å². The third kappa shape index (κ3) is 1.76. The van der Waals surface area contributed by atoms with Crippen molar-refractivity contribution in [1.82, 2.24) is 10.1 Å². The molecule has 0 bridgehead atoms. The zero-order valence-corrected chi connectivity index (χ0v) is 7.35. The standard InChI is InChI=1S/C9H12N2O2/c12-5-7-1-3-8(4-2-7)9-10-6-11-13-9/h5-8H,1-4H2. The second-order valence-corrected chi connectivity index (χ2v) is 3.53. The molecule has 0 saturated heterocycles. The van der Waals surface area contributed by atoms with Crippen molar-refractivity contribution < 1.29 is 9.32 Å². The Bertz CT molecular complexity index is 263. The molecule has 1 saturated carbocycles. The van der Waals surface area contributed by atoms with Crippen LogP contribution >= 0.6 is 0 Å². The summed E-state index contributed by atoms with van der Waals surface area (Å²) in [6.45, 7) is 0. The average molecular weight is 180 g/mol. The number of hydrogen-bond donors (Lipinski definition) is 0. The normalized spacial score (nSPS) is 28.6. The van der Waals surface area contributed by atoms with Crippen molar-refractivity contribution >= 4 is 6.29 Å². The highest BCUT2D eigenvalue weighted by molar-refractivity contribution is 5.53. The molecular formula is C9H12N2O2. The Morgan fingerprint density at radius 3 is 2.69 bits per heavy atom. The molecule has 0 radical (unpaired) electrons. The van der Waals surface area contributed by atoms with Gasteiger partial charge in [0.05, 0.1) is 0 Å². The predicted octanol–water partition coefficient (Wildman–Crippen LogP) is 1.54. The van der Waals surface area contributed by atoms with Gasteiger partial charge in [-0.15, -0.1) is 0 Å². The van der Waals surface area contributed by atoms with Crippen molar-refractivity contribution in [3.05, 3.63) is 12.2 Å². The van der Waals surface area contributed by atoms with E-state index in [4.69, 9.17) is 4.52 Å². The van der Waals surface area contributed by atoms with Gasteiger partial charge in [0.1, 0.15) is 6.29 Å². The number of hydrogen-bond acceptors (Lipinski definition) is 4. The molecule has 4 heteroatoms. The summed E-state index contributed by atoms with van der Waals surface area (Å²) in [7, 11) is 0. The molecule has 1 aliphatic rings. The van der Waals surface area contributed by atoms with Crippen molar-refractivity contribution in [1.29, 1.82) is 0 Å². The van der Waals surface area contributed by atoms with Crippen LogP contribution in [0, 0.1) is 5.92 Å². The van der Waals surface area contributed by atoms with Crippen LogP contribution in [0.15, 0.2) is 10.9 Å². The zero-order valence-electron chi connectivity index (χ0n) is 7.35. The van der Waals surface area contributed by atoms with E-state index in [-0.39, 0.29) is 5.92 Å². The average Bonchev–Trinajstić information content (AvgIpc) is 2.71. The van der Waals surface area contributed by atoms with Gasteiger partial charge in [-0.2, -0.15) is 4.98 Å². The van der Waals surface area contributed by atoms with E-state index in [2.05, 4.69) is 10.1 Å². The van der Waals surface area contributed by atoms with Gasteiger partial charge in [0, 0.05) is 11.8 Å². The lowest BCUT2D eigenvalue weighted by molar-refractivity contribution is -0.112. The second kappa shape index (κ2) is 3.68. The number of carbonyl (C=O) groups is 1. The van der Waals surface area contributed by atoms with Crippen LogP contribution in [0.25, 0.3) is 0 Å². The van der Waals surface area contributed by atoms with Crippen LogP contribution in [0.1, 0.15) is 37.5 Å². The number of rotatable bonds is 2. The summed E-state index contributed by atoms with van der Waals surface area (Å²) < 4.78 is 4.99. The number of aromatic nitrogens is 2. The summed E-state index contributed by atoms with van der Waals surface area (Å²) in [5.74, 6) is 1.35. The summed E-state index contributed by atoms with van der Waals surface area (Å²) in [5.41, 5.74) is 0. The lowest BCUT2D eigenvalue weighted by Gasteiger charge is -2.22. The Morgan fingerprint density at radius 2 is 2.15 bits per heavy atom. The van der Waals surface area contributed by atoms with Crippen molar-refractivity contribution in [2.75, 3.05) is 0 Å². The van der Waals surface area contributed by atoms with E-state index in [1.807, 2.05) is 0 Å². The molecule has 0 amide bonds. The van der Waals surface area contributed by atoms with Crippen molar-refractivity contribution in [3.8, 4) is 0 Å². The van der Waals surface area contributed by atoms with Gasteiger partial charge >= 0.3 is 0 Å². The SMILES string of the molecule is O=CC1CCC(c2ncno2)CC1. The summed E-state index contributed by atoms with van der Waals surface area (Å²) in [5, 5.41) is 3.58. The van der Waals surface area contributed by atoms with Gasteiger partial charge in [-0.1, -0.05) is 5.16 Å². The molecule has 4 nitrogen and oxygen atoms in total. The summed E-state index contributed by atoms with van der Waals surface area (Å²) in [6, 6.07) is 0. The van der Waals surface area contributed by atoms with Crippen LogP contribution < -0.4 is 0 Å². The highest BCUT2D eigenvalue weighted by Gasteiger charge is 2.24. The molecule has 1 aromatic heterocycles. The van der Waals surface area contributed by atoms with Crippen molar-refractivity contribution in [2.45, 2.75) is 31.6 Å². The van der Waals surface area contributed by atoms with Crippen LogP contribution in [0.2, 0.25) is 0 Å². The second-order valence-electron chi connectivity index (χ2n) is 3.53. The van der Waals surface area contributed by atoms with Gasteiger partial charge in [0.2, 0.25) is 5.89 Å². The van der Waals surface area contributed by atoms with Crippen LogP contribution in [-0.4, -0.2) is 16.4 Å². The summed E-state index contributed by atoms with van der Waals surface area (Å²) in [6.07, 6.45) is 6.38. The Labute approximate surface area is 76.3 Å². The molecule has 70 valence electrons. The minimum Gasteiger partial charge on any atom is -0.339 e. The molecular weight excluding hydrogens is 168 g/mol. The maximum absolute atomic E-state index is 10.5. The van der Waals surface area contributed by atoms with E-state index in [0.29, 0.717) is 5.92 Å². The monoisotopic (exact) mass is 180 g/mol. The third-order valence-corrected chi connectivity index (χ3v) is 2.69. The maximum atomic E-state index is 10.5. The Morgan fingerprint density at radius 1 is 1.38 bits per heavy atom. The van der Waals surface area contributed by atoms with Gasteiger partial charge in [-0.3, -0.25) is 0 Å². The molecule has 2 rings (SSSR count). The smallest absolute Gasteiger partial charge is 0.229 e. The van der Waals surface area contributed by atoms with E-state index in [0.717, 1.165) is 37.9 Å². The van der Waals surface area contributed by atoms with E-state index < -0.39 is 0 Å². The lowest BCUT2D eigenvalue weighted by atomic mass is 9.83. The molecule has 0 unspecified atom stereocenters. The highest BCUT2D eigenvalue weighted by Crippen LogP contribution is 2.33. The molecule has 1 fully saturated rings. The first kappa shape index (κ1) is 8.41. The van der Waals surface area contributed by atoms with E-state index in [1.54, 1.807) is 0 Å². The highest BCUT2D eigenvalue weighted by atomic mass is 16.5. The molecule has 1 aromatic rings. The first-order valence-electron chi connectivity index (χ1n) is 4.62. The molecule has 0 aliphatic heterocycles. The number of carbonyl (C=O) groups excluding carboxylic acids is 1. The summed E-state index contributed by atoms with van der Waals surface area (Å²) >= 11 is 0. The van der Waals surface area contributed by atoms with E-state index in [1.165, 1.54) is 6.33 Å². The lowest BCUT2D eigenvalue weighted by Crippen LogP contribution is -2.14. The fourth-order valence-corrected chi connectivity index (χ4v) is 1.86. The van der Waals surface area contributed by atoms with E-state index in [9.17, 15) is 4.79 Å². The zero-order chi connectivity index (χ0) is 9.10. The van der Waals surface area contributed by atoms with Crippen molar-refractivity contribution in [3.63, 3.8) is 0 Å². The molecule has 0 atom stereocenters. The number of nitrogens with zero attached hydrogens (tertiary/aromatic N) is 2. The van der Waals surface area contributed by atoms with Crippen LogP contribution in [0.4, 0.5) is 0 Å². The first-order chi connectivity index (χ1) is 6.40. The molecule has 0 spiro atoms. The number of aldehydes is 1.